The van der Waals surface area contributed by atoms with Crippen LogP contribution in [0.2, 0.25) is 0 Å². The van der Waals surface area contributed by atoms with Gasteiger partial charge in [0, 0.05) is 0 Å². The lowest BCUT2D eigenvalue weighted by atomic mass is 9.71. The van der Waals surface area contributed by atoms with E-state index in [-0.39, 0.29) is 0 Å². The Morgan fingerprint density at radius 1 is 1.20 bits per heavy atom. The summed E-state index contributed by atoms with van der Waals surface area (Å²) >= 11 is 0. The third-order valence-electron chi connectivity index (χ3n) is 4.16. The average Bonchev–Trinajstić information content (AvgIpc) is 2.23. The van der Waals surface area contributed by atoms with Crippen LogP contribution in [0.25, 0.3) is 0 Å². The van der Waals surface area contributed by atoms with Crippen LogP contribution in [0.5, 0.6) is 0 Å². The SMILES string of the molecule is CCCCC(CC)CC(C)(CN)C(C)C. The van der Waals surface area contributed by atoms with E-state index in [1.807, 2.05) is 0 Å². The minimum absolute atomic E-state index is 0.342. The molecule has 0 heterocycles. The fourth-order valence-corrected chi connectivity index (χ4v) is 2.16. The molecule has 0 aromatic rings. The van der Waals surface area contributed by atoms with Crippen molar-refractivity contribution in [3.05, 3.63) is 0 Å². The zero-order chi connectivity index (χ0) is 11.9. The molecule has 0 saturated heterocycles. The van der Waals surface area contributed by atoms with Crippen molar-refractivity contribution in [3.63, 3.8) is 0 Å². The summed E-state index contributed by atoms with van der Waals surface area (Å²) in [4.78, 5) is 0. The average molecular weight is 213 g/mol. The molecule has 0 saturated carbocycles. The van der Waals surface area contributed by atoms with Gasteiger partial charge in [-0.2, -0.15) is 0 Å². The molecule has 0 aliphatic rings. The molecule has 15 heavy (non-hydrogen) atoms. The first-order valence-electron chi connectivity index (χ1n) is 6.70. The number of rotatable bonds is 8. The van der Waals surface area contributed by atoms with Gasteiger partial charge in [0.1, 0.15) is 0 Å². The first-order chi connectivity index (χ1) is 7.00. The van der Waals surface area contributed by atoms with E-state index in [2.05, 4.69) is 34.6 Å². The van der Waals surface area contributed by atoms with E-state index in [1.54, 1.807) is 0 Å². The molecule has 0 aliphatic carbocycles. The maximum atomic E-state index is 5.94. The van der Waals surface area contributed by atoms with Crippen molar-refractivity contribution in [3.8, 4) is 0 Å². The Morgan fingerprint density at radius 3 is 2.13 bits per heavy atom. The summed E-state index contributed by atoms with van der Waals surface area (Å²) in [5, 5.41) is 0. The Morgan fingerprint density at radius 2 is 1.80 bits per heavy atom. The van der Waals surface area contributed by atoms with Crippen molar-refractivity contribution in [2.24, 2.45) is 23.0 Å². The van der Waals surface area contributed by atoms with E-state index in [9.17, 15) is 0 Å². The Bertz CT molecular complexity index is 153. The third-order valence-corrected chi connectivity index (χ3v) is 4.16. The summed E-state index contributed by atoms with van der Waals surface area (Å²) in [5.74, 6) is 1.57. The van der Waals surface area contributed by atoms with E-state index in [0.29, 0.717) is 11.3 Å². The second kappa shape index (κ2) is 7.27. The molecule has 0 aliphatic heterocycles. The molecule has 1 nitrogen and oxygen atoms in total. The van der Waals surface area contributed by atoms with Crippen LogP contribution >= 0.6 is 0 Å². The Labute approximate surface area is 96.8 Å². The van der Waals surface area contributed by atoms with Gasteiger partial charge >= 0.3 is 0 Å². The van der Waals surface area contributed by atoms with Gasteiger partial charge in [-0.05, 0) is 30.2 Å². The Hall–Kier alpha value is -0.0400. The molecule has 92 valence electrons. The smallest absolute Gasteiger partial charge is 0.00206 e. The van der Waals surface area contributed by atoms with Crippen LogP contribution < -0.4 is 5.73 Å². The summed E-state index contributed by atoms with van der Waals surface area (Å²) in [6.45, 7) is 12.4. The van der Waals surface area contributed by atoms with E-state index in [1.165, 1.54) is 32.1 Å². The van der Waals surface area contributed by atoms with Gasteiger partial charge in [0.15, 0.2) is 0 Å². The van der Waals surface area contributed by atoms with Crippen molar-refractivity contribution >= 4 is 0 Å². The van der Waals surface area contributed by atoms with Crippen molar-refractivity contribution in [1.29, 1.82) is 0 Å². The minimum Gasteiger partial charge on any atom is -0.330 e. The Balaban J connectivity index is 4.23. The predicted molar refractivity (Wildman–Crippen MR) is 69.9 cm³/mol. The molecule has 2 atom stereocenters. The molecular weight excluding hydrogens is 182 g/mol. The lowest BCUT2D eigenvalue weighted by molar-refractivity contribution is 0.163. The van der Waals surface area contributed by atoms with Crippen LogP contribution in [-0.2, 0) is 0 Å². The number of hydrogen-bond acceptors (Lipinski definition) is 1. The highest BCUT2D eigenvalue weighted by Crippen LogP contribution is 2.35. The van der Waals surface area contributed by atoms with Gasteiger partial charge in [-0.1, -0.05) is 60.3 Å². The number of unbranched alkanes of at least 4 members (excludes halogenated alkanes) is 1. The van der Waals surface area contributed by atoms with Crippen LogP contribution in [0.15, 0.2) is 0 Å². The van der Waals surface area contributed by atoms with Crippen LogP contribution in [0.1, 0.15) is 66.7 Å². The molecule has 0 aromatic heterocycles. The van der Waals surface area contributed by atoms with Gasteiger partial charge in [-0.25, -0.2) is 0 Å². The first-order valence-corrected chi connectivity index (χ1v) is 6.70. The topological polar surface area (TPSA) is 26.0 Å². The highest BCUT2D eigenvalue weighted by molar-refractivity contribution is 4.81. The lowest BCUT2D eigenvalue weighted by Crippen LogP contribution is -2.34. The second-order valence-corrected chi connectivity index (χ2v) is 5.63. The molecule has 0 aromatic carbocycles. The van der Waals surface area contributed by atoms with Crippen LogP contribution in [0.3, 0.4) is 0 Å². The number of hydrogen-bond donors (Lipinski definition) is 1. The molecular formula is C14H31N. The summed E-state index contributed by atoms with van der Waals surface area (Å²) < 4.78 is 0. The third kappa shape index (κ3) is 5.01. The summed E-state index contributed by atoms with van der Waals surface area (Å²) in [6.07, 6.45) is 6.68. The predicted octanol–water partition coefficient (Wildman–Crippen LogP) is 4.21. The minimum atomic E-state index is 0.342. The van der Waals surface area contributed by atoms with Gasteiger partial charge in [0.25, 0.3) is 0 Å². The molecule has 0 rings (SSSR count). The fourth-order valence-electron chi connectivity index (χ4n) is 2.16. The summed E-state index contributed by atoms with van der Waals surface area (Å²) in [6, 6.07) is 0. The van der Waals surface area contributed by atoms with Crippen LogP contribution in [-0.4, -0.2) is 6.54 Å². The second-order valence-electron chi connectivity index (χ2n) is 5.63. The number of nitrogens with two attached hydrogens (primary N) is 1. The zero-order valence-electron chi connectivity index (χ0n) is 11.5. The van der Waals surface area contributed by atoms with Crippen molar-refractivity contribution in [2.75, 3.05) is 6.54 Å². The molecule has 0 fully saturated rings. The van der Waals surface area contributed by atoms with Gasteiger partial charge in [-0.15, -0.1) is 0 Å². The molecule has 0 radical (unpaired) electrons. The standard InChI is InChI=1S/C14H31N/c1-6-8-9-13(7-2)10-14(5,11-15)12(3)4/h12-13H,6-11,15H2,1-5H3. The highest BCUT2D eigenvalue weighted by atomic mass is 14.6. The maximum absolute atomic E-state index is 5.94. The lowest BCUT2D eigenvalue weighted by Gasteiger charge is -2.36. The molecule has 2 N–H and O–H groups in total. The fraction of sp³-hybridized carbons (Fsp3) is 1.00. The van der Waals surface area contributed by atoms with Gasteiger partial charge < -0.3 is 5.73 Å². The van der Waals surface area contributed by atoms with Crippen LogP contribution in [0.4, 0.5) is 0 Å². The quantitative estimate of drug-likeness (QED) is 0.642. The maximum Gasteiger partial charge on any atom is -0.00206 e. The summed E-state index contributed by atoms with van der Waals surface area (Å²) in [5.41, 5.74) is 6.28. The van der Waals surface area contributed by atoms with Crippen molar-refractivity contribution in [1.82, 2.24) is 0 Å². The van der Waals surface area contributed by atoms with E-state index in [4.69, 9.17) is 5.73 Å². The summed E-state index contributed by atoms with van der Waals surface area (Å²) in [7, 11) is 0. The molecule has 2 unspecified atom stereocenters. The van der Waals surface area contributed by atoms with E-state index >= 15 is 0 Å². The van der Waals surface area contributed by atoms with Gasteiger partial charge in [0.05, 0.1) is 0 Å². The Kier molecular flexibility index (Phi) is 7.25. The van der Waals surface area contributed by atoms with Gasteiger partial charge in [0.2, 0.25) is 0 Å². The molecule has 0 amide bonds. The van der Waals surface area contributed by atoms with Gasteiger partial charge in [-0.3, -0.25) is 0 Å². The monoisotopic (exact) mass is 213 g/mol. The first kappa shape index (κ1) is 15.0. The normalized spacial score (nSPS) is 17.8. The van der Waals surface area contributed by atoms with Crippen molar-refractivity contribution in [2.45, 2.75) is 66.7 Å². The largest absolute Gasteiger partial charge is 0.330 e. The highest BCUT2D eigenvalue weighted by Gasteiger charge is 2.29. The molecule has 0 bridgehead atoms. The molecule has 1 heteroatoms. The van der Waals surface area contributed by atoms with Crippen molar-refractivity contribution < 1.29 is 0 Å². The zero-order valence-corrected chi connectivity index (χ0v) is 11.5. The van der Waals surface area contributed by atoms with E-state index in [0.717, 1.165) is 12.5 Å². The van der Waals surface area contributed by atoms with Crippen LogP contribution in [0, 0.1) is 17.3 Å². The van der Waals surface area contributed by atoms with E-state index < -0.39 is 0 Å². The molecule has 0 spiro atoms.